The Bertz CT molecular complexity index is 841. The van der Waals surface area contributed by atoms with Crippen molar-refractivity contribution < 1.29 is 24.2 Å². The van der Waals surface area contributed by atoms with Gasteiger partial charge in [-0.15, -0.1) is 0 Å². The molecule has 1 aliphatic carbocycles. The maximum absolute atomic E-state index is 11.8. The average molecular weight is 418 g/mol. The second-order valence-electron chi connectivity index (χ2n) is 7.39. The van der Waals surface area contributed by atoms with E-state index in [-0.39, 0.29) is 18.3 Å². The zero-order valence-electron chi connectivity index (χ0n) is 18.1. The first-order valence-electron chi connectivity index (χ1n) is 10.0. The lowest BCUT2D eigenvalue weighted by atomic mass is 9.81. The first-order valence-corrected chi connectivity index (χ1v) is 10.0. The number of benzene rings is 1. The largest absolute Gasteiger partial charge is 0.493 e. The van der Waals surface area contributed by atoms with Gasteiger partial charge < -0.3 is 24.5 Å². The van der Waals surface area contributed by atoms with Crippen LogP contribution < -0.4 is 14.8 Å². The highest BCUT2D eigenvalue weighted by Crippen LogP contribution is 2.39. The molecule has 0 saturated heterocycles. The lowest BCUT2D eigenvalue weighted by Gasteiger charge is -2.28. The van der Waals surface area contributed by atoms with Crippen LogP contribution in [0.2, 0.25) is 0 Å². The molecule has 0 radical (unpaired) electrons. The van der Waals surface area contributed by atoms with E-state index in [9.17, 15) is 4.79 Å². The monoisotopic (exact) mass is 417 g/mol. The lowest BCUT2D eigenvalue weighted by molar-refractivity contribution is -0.125. The number of aromatic nitrogens is 2. The van der Waals surface area contributed by atoms with Crippen LogP contribution in [0, 0.1) is 18.8 Å². The Kier molecular flexibility index (Phi) is 8.70. The molecular weight excluding hydrogens is 386 g/mol. The first-order chi connectivity index (χ1) is 14.5. The van der Waals surface area contributed by atoms with Crippen LogP contribution in [0.15, 0.2) is 24.5 Å². The van der Waals surface area contributed by atoms with Gasteiger partial charge in [-0.3, -0.25) is 9.59 Å². The van der Waals surface area contributed by atoms with Crippen molar-refractivity contribution >= 4 is 12.4 Å². The number of hydrogen-bond donors (Lipinski definition) is 2. The molecule has 3 rings (SSSR count). The predicted octanol–water partition coefficient (Wildman–Crippen LogP) is 3.13. The number of carbonyl (C=O) groups is 2. The second kappa shape index (κ2) is 11.2. The molecule has 1 amide bonds. The second-order valence-corrected chi connectivity index (χ2v) is 7.39. The number of imidazole rings is 1. The minimum Gasteiger partial charge on any atom is -0.493 e. The van der Waals surface area contributed by atoms with E-state index in [2.05, 4.69) is 20.9 Å². The molecule has 1 aromatic carbocycles. The average Bonchev–Trinajstić information content (AvgIpc) is 3.21. The summed E-state index contributed by atoms with van der Waals surface area (Å²) >= 11 is 0. The molecule has 8 nitrogen and oxygen atoms in total. The zero-order valence-corrected chi connectivity index (χ0v) is 18.1. The summed E-state index contributed by atoms with van der Waals surface area (Å²) < 4.78 is 13.3. The summed E-state index contributed by atoms with van der Waals surface area (Å²) in [6.45, 7) is 2.69. The highest BCUT2D eigenvalue weighted by Gasteiger charge is 2.26. The number of carboxylic acid groups (broad SMARTS) is 1. The Morgan fingerprint density at radius 2 is 1.93 bits per heavy atom. The maximum atomic E-state index is 11.8. The Morgan fingerprint density at radius 3 is 2.50 bits per heavy atom. The molecule has 30 heavy (non-hydrogen) atoms. The van der Waals surface area contributed by atoms with E-state index in [1.165, 1.54) is 0 Å². The van der Waals surface area contributed by atoms with E-state index >= 15 is 0 Å². The maximum Gasteiger partial charge on any atom is 0.290 e. The van der Waals surface area contributed by atoms with Crippen LogP contribution in [-0.4, -0.2) is 48.3 Å². The third kappa shape index (κ3) is 5.52. The number of hydrogen-bond acceptors (Lipinski definition) is 5. The molecule has 8 heteroatoms. The van der Waals surface area contributed by atoms with Gasteiger partial charge in [-0.05, 0) is 56.2 Å². The van der Waals surface area contributed by atoms with Crippen LogP contribution in [0.3, 0.4) is 0 Å². The number of nitrogens with zero attached hydrogens (tertiary/aromatic N) is 2. The predicted molar refractivity (Wildman–Crippen MR) is 114 cm³/mol. The van der Waals surface area contributed by atoms with E-state index in [1.54, 1.807) is 21.3 Å². The fourth-order valence-corrected chi connectivity index (χ4v) is 4.06. The highest BCUT2D eigenvalue weighted by molar-refractivity contribution is 5.78. The van der Waals surface area contributed by atoms with E-state index in [0.29, 0.717) is 17.4 Å². The number of carbonyl (C=O) groups excluding carboxylic acids is 1. The van der Waals surface area contributed by atoms with Crippen molar-refractivity contribution in [2.24, 2.45) is 11.8 Å². The molecular formula is C22H31N3O5. The molecule has 1 fully saturated rings. The summed E-state index contributed by atoms with van der Waals surface area (Å²) in [5.41, 5.74) is 2.04. The molecule has 1 aliphatic rings. The molecule has 0 atom stereocenters. The van der Waals surface area contributed by atoms with Crippen molar-refractivity contribution in [1.82, 2.24) is 14.9 Å². The van der Waals surface area contributed by atoms with Gasteiger partial charge in [0.05, 0.1) is 19.8 Å². The SMILES string of the molecule is CNC(=O)C1CCC(Cn2ccnc2-c2cc(C)cc(OC)c2OC)CC1.O=CO. The summed E-state index contributed by atoms with van der Waals surface area (Å²) in [7, 11) is 5.03. The third-order valence-electron chi connectivity index (χ3n) is 5.50. The van der Waals surface area contributed by atoms with Crippen LogP contribution in [0.5, 0.6) is 11.5 Å². The summed E-state index contributed by atoms with van der Waals surface area (Å²) in [4.78, 5) is 24.8. The minimum absolute atomic E-state index is 0.162. The molecule has 2 N–H and O–H groups in total. The number of rotatable bonds is 6. The lowest BCUT2D eigenvalue weighted by Crippen LogP contribution is -2.31. The van der Waals surface area contributed by atoms with Crippen molar-refractivity contribution in [2.45, 2.75) is 39.2 Å². The third-order valence-corrected chi connectivity index (χ3v) is 5.50. The number of amides is 1. The first kappa shape index (κ1) is 23.3. The topological polar surface area (TPSA) is 103 Å². The van der Waals surface area contributed by atoms with Crippen molar-refractivity contribution in [3.63, 3.8) is 0 Å². The molecule has 0 unspecified atom stereocenters. The van der Waals surface area contributed by atoms with Gasteiger partial charge in [0.25, 0.3) is 6.47 Å². The van der Waals surface area contributed by atoms with Gasteiger partial charge in [-0.25, -0.2) is 4.98 Å². The zero-order chi connectivity index (χ0) is 22.1. The Balaban J connectivity index is 0.00000101. The molecule has 0 bridgehead atoms. The van der Waals surface area contributed by atoms with Gasteiger partial charge in [-0.1, -0.05) is 0 Å². The van der Waals surface area contributed by atoms with Gasteiger partial charge in [0.15, 0.2) is 11.5 Å². The van der Waals surface area contributed by atoms with Crippen molar-refractivity contribution in [1.29, 1.82) is 0 Å². The quantitative estimate of drug-likeness (QED) is 0.700. The summed E-state index contributed by atoms with van der Waals surface area (Å²) in [6.07, 6.45) is 7.88. The van der Waals surface area contributed by atoms with Crippen LogP contribution >= 0.6 is 0 Å². The normalized spacial score (nSPS) is 18.0. The summed E-state index contributed by atoms with van der Waals surface area (Å²) in [6, 6.07) is 4.05. The highest BCUT2D eigenvalue weighted by atomic mass is 16.5. The summed E-state index contributed by atoms with van der Waals surface area (Å²) in [5, 5.41) is 9.66. The Hall–Kier alpha value is -3.03. The van der Waals surface area contributed by atoms with Crippen molar-refractivity contribution in [3.8, 4) is 22.9 Å². The number of nitrogens with one attached hydrogen (secondary N) is 1. The number of methoxy groups -OCH3 is 2. The molecule has 0 spiro atoms. The molecule has 164 valence electrons. The molecule has 2 aromatic rings. The van der Waals surface area contributed by atoms with E-state index in [1.807, 2.05) is 25.4 Å². The van der Waals surface area contributed by atoms with Gasteiger partial charge in [0, 0.05) is 31.9 Å². The van der Waals surface area contributed by atoms with E-state index in [4.69, 9.17) is 19.4 Å². The smallest absolute Gasteiger partial charge is 0.290 e. The van der Waals surface area contributed by atoms with Gasteiger partial charge in [0.1, 0.15) is 5.82 Å². The molecule has 1 saturated carbocycles. The Morgan fingerprint density at radius 1 is 1.27 bits per heavy atom. The van der Waals surface area contributed by atoms with Crippen molar-refractivity contribution in [2.75, 3.05) is 21.3 Å². The minimum atomic E-state index is -0.250. The number of aryl methyl sites for hydroxylation is 1. The van der Waals surface area contributed by atoms with Crippen LogP contribution in [0.1, 0.15) is 31.2 Å². The van der Waals surface area contributed by atoms with E-state index in [0.717, 1.165) is 49.2 Å². The van der Waals surface area contributed by atoms with Crippen LogP contribution in [0.25, 0.3) is 11.4 Å². The van der Waals surface area contributed by atoms with Gasteiger partial charge >= 0.3 is 0 Å². The molecule has 1 heterocycles. The van der Waals surface area contributed by atoms with Crippen LogP contribution in [0.4, 0.5) is 0 Å². The van der Waals surface area contributed by atoms with Gasteiger partial charge in [0.2, 0.25) is 5.91 Å². The molecule has 0 aliphatic heterocycles. The van der Waals surface area contributed by atoms with Crippen molar-refractivity contribution in [3.05, 3.63) is 30.1 Å². The number of ether oxygens (including phenoxy) is 2. The standard InChI is InChI=1S/C21H29N3O3.CH2O2/c1-14-11-17(19(27-4)18(12-14)26-3)20-23-9-10-24(20)13-15-5-7-16(8-6-15)21(25)22-2;2-1-3/h9-12,15-16H,5-8,13H2,1-4H3,(H,22,25);1H,(H,2,3). The van der Waals surface area contributed by atoms with E-state index < -0.39 is 0 Å². The van der Waals surface area contributed by atoms with Gasteiger partial charge in [-0.2, -0.15) is 0 Å². The fourth-order valence-electron chi connectivity index (χ4n) is 4.06. The fraction of sp³-hybridized carbons (Fsp3) is 0.500. The summed E-state index contributed by atoms with van der Waals surface area (Å²) in [5.74, 6) is 3.20. The Labute approximate surface area is 177 Å². The molecule has 1 aromatic heterocycles. The van der Waals surface area contributed by atoms with Crippen LogP contribution in [-0.2, 0) is 16.1 Å².